The molecule has 0 unspecified atom stereocenters. The lowest BCUT2D eigenvalue weighted by Gasteiger charge is -2.18. The van der Waals surface area contributed by atoms with Gasteiger partial charge in [0.2, 0.25) is 11.8 Å². The lowest BCUT2D eigenvalue weighted by molar-refractivity contribution is -0.133. The number of methoxy groups -OCH3 is 1. The predicted molar refractivity (Wildman–Crippen MR) is 123 cm³/mol. The predicted octanol–water partition coefficient (Wildman–Crippen LogP) is 4.22. The van der Waals surface area contributed by atoms with Gasteiger partial charge in [0.25, 0.3) is 0 Å². The Hall–Kier alpha value is -2.87. The van der Waals surface area contributed by atoms with E-state index < -0.39 is 0 Å². The maximum absolute atomic E-state index is 12.3. The Balaban J connectivity index is 1.78. The van der Waals surface area contributed by atoms with Crippen LogP contribution >= 0.6 is 15.9 Å². The molecule has 0 heterocycles. The van der Waals surface area contributed by atoms with Crippen LogP contribution in [0.2, 0.25) is 0 Å². The third kappa shape index (κ3) is 7.40. The zero-order chi connectivity index (χ0) is 23.0. The fraction of sp³-hybridized carbons (Fsp3) is 0.348. The number of nitrogens with one attached hydrogen (secondary N) is 1. The molecule has 0 aromatic heterocycles. The number of carbonyl (C=O) groups excluding carboxylic acids is 3. The van der Waals surface area contributed by atoms with Crippen LogP contribution in [0.5, 0.6) is 11.5 Å². The summed E-state index contributed by atoms with van der Waals surface area (Å²) < 4.78 is 11.9. The Kier molecular flexibility index (Phi) is 9.05. The van der Waals surface area contributed by atoms with E-state index in [1.54, 1.807) is 25.2 Å². The number of ketones is 1. The molecule has 2 aromatic carbocycles. The van der Waals surface area contributed by atoms with Gasteiger partial charge in [-0.2, -0.15) is 0 Å². The fourth-order valence-corrected chi connectivity index (χ4v) is 3.34. The molecule has 31 heavy (non-hydrogen) atoms. The number of carbonyl (C=O) groups is 3. The van der Waals surface area contributed by atoms with Crippen LogP contribution in [0.3, 0.4) is 0 Å². The van der Waals surface area contributed by atoms with Gasteiger partial charge in [-0.05, 0) is 62.2 Å². The van der Waals surface area contributed by atoms with Crippen LogP contribution in [0.25, 0.3) is 0 Å². The molecular formula is C23H27BrN2O5. The summed E-state index contributed by atoms with van der Waals surface area (Å²) in [5, 5.41) is 2.82. The molecule has 166 valence electrons. The van der Waals surface area contributed by atoms with E-state index in [0.717, 1.165) is 10.0 Å². The third-order valence-corrected chi connectivity index (χ3v) is 5.13. The van der Waals surface area contributed by atoms with Crippen LogP contribution in [0.1, 0.15) is 35.7 Å². The molecule has 0 saturated carbocycles. The Labute approximate surface area is 190 Å². The highest BCUT2D eigenvalue weighted by atomic mass is 79.9. The summed E-state index contributed by atoms with van der Waals surface area (Å²) in [5.41, 5.74) is 2.19. The number of hydrogen-bond donors (Lipinski definition) is 1. The van der Waals surface area contributed by atoms with E-state index in [4.69, 9.17) is 9.47 Å². The second kappa shape index (κ2) is 11.5. The highest BCUT2D eigenvalue weighted by molar-refractivity contribution is 9.10. The van der Waals surface area contributed by atoms with Gasteiger partial charge in [0.05, 0.1) is 20.3 Å². The number of anilines is 1. The minimum absolute atomic E-state index is 0.0322. The van der Waals surface area contributed by atoms with Gasteiger partial charge in [-0.15, -0.1) is 0 Å². The van der Waals surface area contributed by atoms with E-state index in [1.807, 2.05) is 25.1 Å². The standard InChI is InChI=1S/C23H27BrN2O5/c1-15-12-18(24)8-9-19(15)25-22(28)14-26(3)23(29)6-5-11-31-20-10-7-17(16(2)27)13-21(20)30-4/h7-10,12-13H,5-6,11,14H2,1-4H3,(H,25,28). The summed E-state index contributed by atoms with van der Waals surface area (Å²) in [6.45, 7) is 3.66. The van der Waals surface area contributed by atoms with E-state index in [1.165, 1.54) is 18.9 Å². The number of halogens is 1. The highest BCUT2D eigenvalue weighted by Crippen LogP contribution is 2.28. The summed E-state index contributed by atoms with van der Waals surface area (Å²) in [6.07, 6.45) is 0.725. The SMILES string of the molecule is COc1cc(C(C)=O)ccc1OCCCC(=O)N(C)CC(=O)Nc1ccc(Br)cc1C. The highest BCUT2D eigenvalue weighted by Gasteiger charge is 2.14. The number of nitrogens with zero attached hydrogens (tertiary/aromatic N) is 1. The first-order valence-electron chi connectivity index (χ1n) is 9.83. The van der Waals surface area contributed by atoms with E-state index >= 15 is 0 Å². The van der Waals surface area contributed by atoms with Gasteiger partial charge >= 0.3 is 0 Å². The van der Waals surface area contributed by atoms with Crippen molar-refractivity contribution in [3.05, 3.63) is 52.0 Å². The second-order valence-corrected chi connectivity index (χ2v) is 8.05. The lowest BCUT2D eigenvalue weighted by Crippen LogP contribution is -2.35. The van der Waals surface area contributed by atoms with Crippen LogP contribution < -0.4 is 14.8 Å². The topological polar surface area (TPSA) is 84.9 Å². The van der Waals surface area contributed by atoms with Crippen molar-refractivity contribution in [2.24, 2.45) is 0 Å². The van der Waals surface area contributed by atoms with Crippen molar-refractivity contribution in [3.63, 3.8) is 0 Å². The summed E-state index contributed by atoms with van der Waals surface area (Å²) in [6, 6.07) is 10.5. The maximum atomic E-state index is 12.3. The molecular weight excluding hydrogens is 464 g/mol. The molecule has 0 saturated heterocycles. The molecule has 0 spiro atoms. The molecule has 7 nitrogen and oxygen atoms in total. The molecule has 1 N–H and O–H groups in total. The number of aryl methyl sites for hydroxylation is 1. The molecule has 0 aliphatic rings. The smallest absolute Gasteiger partial charge is 0.243 e. The molecule has 0 aliphatic carbocycles. The quantitative estimate of drug-likeness (QED) is 0.397. The van der Waals surface area contributed by atoms with Gasteiger partial charge in [-0.3, -0.25) is 14.4 Å². The third-order valence-electron chi connectivity index (χ3n) is 4.63. The summed E-state index contributed by atoms with van der Waals surface area (Å²) in [7, 11) is 3.10. The van der Waals surface area contributed by atoms with Crippen molar-refractivity contribution in [2.45, 2.75) is 26.7 Å². The van der Waals surface area contributed by atoms with Gasteiger partial charge < -0.3 is 19.7 Å². The number of hydrogen-bond acceptors (Lipinski definition) is 5. The molecule has 0 fully saturated rings. The Morgan fingerprint density at radius 2 is 1.84 bits per heavy atom. The van der Waals surface area contributed by atoms with E-state index in [2.05, 4.69) is 21.2 Å². The van der Waals surface area contributed by atoms with Crippen molar-refractivity contribution < 1.29 is 23.9 Å². The van der Waals surface area contributed by atoms with E-state index in [9.17, 15) is 14.4 Å². The lowest BCUT2D eigenvalue weighted by atomic mass is 10.1. The monoisotopic (exact) mass is 490 g/mol. The maximum Gasteiger partial charge on any atom is 0.243 e. The van der Waals surface area contributed by atoms with Gasteiger partial charge in [0.15, 0.2) is 17.3 Å². The fourth-order valence-electron chi connectivity index (χ4n) is 2.86. The van der Waals surface area contributed by atoms with Crippen molar-refractivity contribution in [1.29, 1.82) is 0 Å². The molecule has 2 aromatic rings. The van der Waals surface area contributed by atoms with E-state index in [-0.39, 0.29) is 30.6 Å². The molecule has 2 amide bonds. The van der Waals surface area contributed by atoms with E-state index in [0.29, 0.717) is 35.8 Å². The van der Waals surface area contributed by atoms with Crippen LogP contribution in [0.15, 0.2) is 40.9 Å². The number of likely N-dealkylation sites (N-methyl/N-ethyl adjacent to an activating group) is 1. The number of benzene rings is 2. The van der Waals surface area contributed by atoms with Gasteiger partial charge in [0.1, 0.15) is 0 Å². The zero-order valence-corrected chi connectivity index (χ0v) is 19.7. The Morgan fingerprint density at radius 1 is 1.10 bits per heavy atom. The molecule has 0 bridgehead atoms. The number of ether oxygens (including phenoxy) is 2. The Morgan fingerprint density at radius 3 is 2.48 bits per heavy atom. The zero-order valence-electron chi connectivity index (χ0n) is 18.2. The first kappa shape index (κ1) is 24.4. The molecule has 0 radical (unpaired) electrons. The number of amides is 2. The number of rotatable bonds is 10. The van der Waals surface area contributed by atoms with Crippen LogP contribution in [-0.2, 0) is 9.59 Å². The van der Waals surface area contributed by atoms with Crippen molar-refractivity contribution >= 4 is 39.2 Å². The summed E-state index contributed by atoms with van der Waals surface area (Å²) in [5.74, 6) is 0.518. The average molecular weight is 491 g/mol. The van der Waals surface area contributed by atoms with Crippen molar-refractivity contribution in [1.82, 2.24) is 4.90 Å². The van der Waals surface area contributed by atoms with Crippen molar-refractivity contribution in [3.8, 4) is 11.5 Å². The summed E-state index contributed by atoms with van der Waals surface area (Å²) >= 11 is 3.39. The largest absolute Gasteiger partial charge is 0.493 e. The van der Waals surface area contributed by atoms with Crippen molar-refractivity contribution in [2.75, 3.05) is 32.6 Å². The second-order valence-electron chi connectivity index (χ2n) is 7.13. The van der Waals surface area contributed by atoms with Gasteiger partial charge in [0, 0.05) is 29.2 Å². The first-order chi connectivity index (χ1) is 14.7. The first-order valence-corrected chi connectivity index (χ1v) is 10.6. The minimum atomic E-state index is -0.257. The molecule has 0 atom stereocenters. The minimum Gasteiger partial charge on any atom is -0.493 e. The molecule has 2 rings (SSSR count). The molecule has 0 aliphatic heterocycles. The normalized spacial score (nSPS) is 10.4. The van der Waals surface area contributed by atoms with Crippen LogP contribution in [0, 0.1) is 6.92 Å². The van der Waals surface area contributed by atoms with Gasteiger partial charge in [-0.1, -0.05) is 15.9 Å². The summed E-state index contributed by atoms with van der Waals surface area (Å²) in [4.78, 5) is 37.4. The number of Topliss-reactive ketones (excluding diaryl/α,β-unsaturated/α-hetero) is 1. The van der Waals surface area contributed by atoms with Gasteiger partial charge in [-0.25, -0.2) is 0 Å². The Bertz CT molecular complexity index is 961. The molecule has 8 heteroatoms. The van der Waals surface area contributed by atoms with Crippen LogP contribution in [-0.4, -0.2) is 49.8 Å². The average Bonchev–Trinajstić information content (AvgIpc) is 2.72. The van der Waals surface area contributed by atoms with Crippen LogP contribution in [0.4, 0.5) is 5.69 Å².